The summed E-state index contributed by atoms with van der Waals surface area (Å²) in [4.78, 5) is 35.4. The molecule has 0 radical (unpaired) electrons. The van der Waals surface area contributed by atoms with Gasteiger partial charge in [0.2, 0.25) is 0 Å². The topological polar surface area (TPSA) is 142 Å². The predicted octanol–water partition coefficient (Wildman–Crippen LogP) is -0.594. The number of aromatic hydroxyl groups is 1. The zero-order chi connectivity index (χ0) is 26.4. The van der Waals surface area contributed by atoms with Crippen LogP contribution in [0.3, 0.4) is 0 Å². The molecule has 0 saturated carbocycles. The van der Waals surface area contributed by atoms with E-state index in [0.717, 1.165) is 6.42 Å². The van der Waals surface area contributed by atoms with Crippen molar-refractivity contribution in [1.29, 1.82) is 0 Å². The van der Waals surface area contributed by atoms with Crippen LogP contribution in [-0.2, 0) is 17.6 Å². The fraction of sp³-hybridized carbons (Fsp3) is 0.444. The summed E-state index contributed by atoms with van der Waals surface area (Å²) < 4.78 is 17.1. The number of aliphatic hydroxyl groups excluding tert-OH is 1. The Bertz CT molecular complexity index is 1150. The van der Waals surface area contributed by atoms with Gasteiger partial charge in [-0.05, 0) is 44.0 Å². The van der Waals surface area contributed by atoms with E-state index in [9.17, 15) is 29.7 Å². The number of phenolic OH excluding ortho intramolecular Hbond substituents is 1. The average Bonchev–Trinajstić information content (AvgIpc) is 2.83. The molecule has 9 nitrogen and oxygen atoms in total. The Morgan fingerprint density at radius 2 is 1.62 bits per heavy atom. The van der Waals surface area contributed by atoms with E-state index < -0.39 is 18.2 Å². The molecule has 0 aliphatic carbocycles. The number of carboxylic acids is 1. The average molecular weight is 523 g/mol. The molecule has 0 bridgehead atoms. The molecule has 2 N–H and O–H groups in total. The quantitative estimate of drug-likeness (QED) is 0.276. The molecule has 1 heterocycles. The summed E-state index contributed by atoms with van der Waals surface area (Å²) in [6.07, 6.45) is -0.322. The molecule has 10 heteroatoms. The van der Waals surface area contributed by atoms with Crippen molar-refractivity contribution < 1.29 is 73.5 Å². The third-order valence-corrected chi connectivity index (χ3v) is 5.89. The van der Waals surface area contributed by atoms with Crippen molar-refractivity contribution in [3.05, 3.63) is 46.5 Å². The number of carbonyl (C=O) groups excluding carboxylic acids is 3. The van der Waals surface area contributed by atoms with Crippen molar-refractivity contribution in [1.82, 2.24) is 0 Å². The third kappa shape index (κ3) is 7.25. The first-order valence-corrected chi connectivity index (χ1v) is 12.0. The summed E-state index contributed by atoms with van der Waals surface area (Å²) in [6.45, 7) is 4.96. The Morgan fingerprint density at radius 1 is 1.05 bits per heavy atom. The van der Waals surface area contributed by atoms with E-state index in [1.807, 2.05) is 13.8 Å². The molecule has 0 amide bonds. The van der Waals surface area contributed by atoms with Crippen LogP contribution < -0.4 is 48.9 Å². The molecule has 194 valence electrons. The Labute approximate surface area is 238 Å². The molecular formula is C27H31NaO9. The second kappa shape index (κ2) is 13.8. The number of carboxylic acid groups (broad SMARTS) is 1. The maximum Gasteiger partial charge on any atom is 1.00 e. The number of hydrogen-bond donors (Lipinski definition) is 2. The van der Waals surface area contributed by atoms with Crippen LogP contribution in [0.25, 0.3) is 0 Å². The Hall–Kier alpha value is -2.59. The molecule has 0 spiro atoms. The summed E-state index contributed by atoms with van der Waals surface area (Å²) in [7, 11) is 0. The van der Waals surface area contributed by atoms with Gasteiger partial charge < -0.3 is 34.3 Å². The zero-order valence-electron chi connectivity index (χ0n) is 21.7. The minimum atomic E-state index is -1.46. The van der Waals surface area contributed by atoms with Crippen molar-refractivity contribution in [3.63, 3.8) is 0 Å². The van der Waals surface area contributed by atoms with Gasteiger partial charge in [0, 0.05) is 11.1 Å². The van der Waals surface area contributed by atoms with E-state index in [4.69, 9.17) is 14.2 Å². The number of Topliss-reactive ketones (excluding diaryl/α,β-unsaturated/α-hetero) is 2. The first kappa shape index (κ1) is 30.6. The van der Waals surface area contributed by atoms with Gasteiger partial charge in [0.15, 0.2) is 11.6 Å². The van der Waals surface area contributed by atoms with E-state index in [1.54, 1.807) is 12.1 Å². The number of benzene rings is 2. The van der Waals surface area contributed by atoms with Crippen molar-refractivity contribution in [2.45, 2.75) is 65.1 Å². The summed E-state index contributed by atoms with van der Waals surface area (Å²) >= 11 is 0. The van der Waals surface area contributed by atoms with Gasteiger partial charge in [0.1, 0.15) is 48.4 Å². The van der Waals surface area contributed by atoms with Crippen LogP contribution in [0.5, 0.6) is 23.0 Å². The fourth-order valence-corrected chi connectivity index (χ4v) is 4.13. The number of ether oxygens (including phenoxy) is 3. The third-order valence-electron chi connectivity index (χ3n) is 5.89. The molecule has 2 aromatic rings. The molecule has 1 aliphatic heterocycles. The summed E-state index contributed by atoms with van der Waals surface area (Å²) in [5, 5.41) is 32.3. The van der Waals surface area contributed by atoms with Gasteiger partial charge in [0.05, 0.1) is 23.5 Å². The van der Waals surface area contributed by atoms with E-state index >= 15 is 0 Å². The van der Waals surface area contributed by atoms with E-state index in [1.165, 1.54) is 19.1 Å². The number of aliphatic carboxylic acids is 1. The Morgan fingerprint density at radius 3 is 2.19 bits per heavy atom. The monoisotopic (exact) mass is 522 g/mol. The maximum atomic E-state index is 12.4. The first-order chi connectivity index (χ1) is 17.2. The zero-order valence-corrected chi connectivity index (χ0v) is 23.7. The van der Waals surface area contributed by atoms with Crippen LogP contribution in [-0.4, -0.2) is 53.2 Å². The normalized spacial score (nSPS) is 15.1. The SMILES string of the molecule is CCCc1c(OCC(O)COc2ccc3c(c2CCC)OC(C(=O)[O-])CC3=O)ccc(C(C)=O)c1O.[Na+]. The number of carbonyl (C=O) groups is 3. The van der Waals surface area contributed by atoms with E-state index in [-0.39, 0.29) is 77.8 Å². The summed E-state index contributed by atoms with van der Waals surface area (Å²) in [5.41, 5.74) is 1.57. The molecule has 2 aromatic carbocycles. The fourth-order valence-electron chi connectivity index (χ4n) is 4.13. The number of aliphatic hydroxyl groups is 1. The van der Waals surface area contributed by atoms with Gasteiger partial charge in [0.25, 0.3) is 0 Å². The number of ketones is 2. The van der Waals surface area contributed by atoms with Gasteiger partial charge in [-0.15, -0.1) is 0 Å². The van der Waals surface area contributed by atoms with Crippen LogP contribution >= 0.6 is 0 Å². The van der Waals surface area contributed by atoms with Crippen molar-refractivity contribution >= 4 is 17.5 Å². The van der Waals surface area contributed by atoms with Gasteiger partial charge >= 0.3 is 29.6 Å². The van der Waals surface area contributed by atoms with Crippen molar-refractivity contribution in [2.75, 3.05) is 13.2 Å². The molecule has 3 rings (SSSR count). The minimum Gasteiger partial charge on any atom is -0.546 e. The van der Waals surface area contributed by atoms with Crippen LogP contribution in [0.4, 0.5) is 0 Å². The van der Waals surface area contributed by atoms with Crippen LogP contribution in [0, 0.1) is 0 Å². The van der Waals surface area contributed by atoms with Crippen molar-refractivity contribution in [3.8, 4) is 23.0 Å². The smallest absolute Gasteiger partial charge is 0.546 e. The second-order valence-corrected chi connectivity index (χ2v) is 8.74. The second-order valence-electron chi connectivity index (χ2n) is 8.74. The van der Waals surface area contributed by atoms with Gasteiger partial charge in [-0.3, -0.25) is 9.59 Å². The Kier molecular flexibility index (Phi) is 11.4. The number of hydrogen-bond acceptors (Lipinski definition) is 9. The summed E-state index contributed by atoms with van der Waals surface area (Å²) in [5.74, 6) is -1.25. The van der Waals surface area contributed by atoms with Gasteiger partial charge in [-0.2, -0.15) is 0 Å². The van der Waals surface area contributed by atoms with Crippen LogP contribution in [0.2, 0.25) is 0 Å². The Balaban J connectivity index is 0.00000481. The number of phenols is 1. The van der Waals surface area contributed by atoms with Gasteiger partial charge in [-0.1, -0.05) is 26.7 Å². The van der Waals surface area contributed by atoms with Gasteiger partial charge in [-0.25, -0.2) is 0 Å². The molecule has 0 aromatic heterocycles. The molecule has 2 atom stereocenters. The van der Waals surface area contributed by atoms with Crippen molar-refractivity contribution in [2.24, 2.45) is 0 Å². The summed E-state index contributed by atoms with van der Waals surface area (Å²) in [6, 6.07) is 6.22. The predicted molar refractivity (Wildman–Crippen MR) is 128 cm³/mol. The largest absolute Gasteiger partial charge is 1.00 e. The van der Waals surface area contributed by atoms with E-state index in [2.05, 4.69) is 0 Å². The molecule has 0 saturated heterocycles. The molecule has 2 unspecified atom stereocenters. The van der Waals surface area contributed by atoms with Crippen LogP contribution in [0.15, 0.2) is 24.3 Å². The van der Waals surface area contributed by atoms with E-state index in [0.29, 0.717) is 47.5 Å². The number of fused-ring (bicyclic) bond motifs is 1. The number of rotatable bonds is 12. The standard InChI is InChI=1S/C27H32O9.Na/c1-4-6-19-22(10-8-17(15(3)28)25(19)31)34-13-16(29)14-35-23-11-9-18-21(30)12-24(27(32)33)36-26(18)20(23)7-5-2;/h8-11,16,24,29,31H,4-7,12-14H2,1-3H3,(H,32,33);/q;+1/p-1. The van der Waals surface area contributed by atoms with Crippen LogP contribution in [0.1, 0.15) is 71.9 Å². The molecule has 37 heavy (non-hydrogen) atoms. The minimum absolute atomic E-state index is 0. The first-order valence-electron chi connectivity index (χ1n) is 12.0. The molecule has 1 aliphatic rings. The molecule has 0 fully saturated rings. The maximum absolute atomic E-state index is 12.4. The molecular weight excluding hydrogens is 491 g/mol.